The molecule has 0 unspecified atom stereocenters. The summed E-state index contributed by atoms with van der Waals surface area (Å²) in [6.45, 7) is 3.96. The fourth-order valence-corrected chi connectivity index (χ4v) is 14.8. The second-order valence-electron chi connectivity index (χ2n) is 24.7. The molecule has 0 saturated carbocycles. The van der Waals surface area contributed by atoms with Gasteiger partial charge in [-0.05, 0) is 142 Å². The average molecular weight is 1500 g/mol. The molecule has 2 atom stereocenters. The Bertz CT molecular complexity index is 5100. The maximum atomic E-state index is 13.6. The lowest BCUT2D eigenvalue weighted by Crippen LogP contribution is -2.38. The Morgan fingerprint density at radius 1 is 0.450 bits per heavy atom. The van der Waals surface area contributed by atoms with Gasteiger partial charge in [0.2, 0.25) is 3.79 Å². The van der Waals surface area contributed by atoms with E-state index in [2.05, 4.69) is 226 Å². The fraction of sp³-hybridized carbons (Fsp3) is 0.107. The van der Waals surface area contributed by atoms with Crippen LogP contribution in [-0.2, 0) is 28.7 Å². The van der Waals surface area contributed by atoms with Crippen LogP contribution in [0, 0.1) is 0 Å². The average Bonchev–Trinajstić information content (AvgIpc) is 1.48. The van der Waals surface area contributed by atoms with Gasteiger partial charge in [0.25, 0.3) is 5.91 Å². The highest BCUT2D eigenvalue weighted by Gasteiger charge is 2.44. The van der Waals surface area contributed by atoms with E-state index in [1.807, 2.05) is 123 Å². The topological polar surface area (TPSA) is 141 Å². The summed E-state index contributed by atoms with van der Waals surface area (Å²) >= 11 is 25.8. The van der Waals surface area contributed by atoms with Gasteiger partial charge < -0.3 is 11.1 Å². The molecule has 4 aromatic heterocycles. The normalized spacial score (nSPS) is 13.2. The number of nitrogens with two attached hydrogens (primary N) is 1. The predicted molar refractivity (Wildman–Crippen MR) is 414 cm³/mol. The smallest absolute Gasteiger partial charge is 0.266 e. The summed E-state index contributed by atoms with van der Waals surface area (Å²) in [4.78, 5) is 31.8. The number of fused-ring (bicyclic) bond motifs is 4. The molecule has 0 bridgehead atoms. The predicted octanol–water partition coefficient (Wildman–Crippen LogP) is 20.6. The third-order valence-corrected chi connectivity index (χ3v) is 20.0. The lowest BCUT2D eigenvalue weighted by atomic mass is 9.77. The van der Waals surface area contributed by atoms with Crippen LogP contribution in [0.2, 0.25) is 0 Å². The van der Waals surface area contributed by atoms with Gasteiger partial charge in [-0.15, -0.1) is 0 Å². The molecule has 11 nitrogen and oxygen atoms in total. The first kappa shape index (κ1) is 67.2. The number of benzene rings is 10. The highest BCUT2D eigenvalue weighted by atomic mass is 79.9. The summed E-state index contributed by atoms with van der Waals surface area (Å²) in [5.74, 6) is -0.170. The molecule has 16 rings (SSSR count). The number of halogens is 5. The van der Waals surface area contributed by atoms with E-state index >= 15 is 0 Å². The zero-order chi connectivity index (χ0) is 69.0. The third-order valence-electron chi connectivity index (χ3n) is 18.3. The van der Waals surface area contributed by atoms with Crippen molar-refractivity contribution in [1.82, 2.24) is 34.8 Å². The van der Waals surface area contributed by atoms with E-state index < -0.39 is 14.9 Å². The van der Waals surface area contributed by atoms with Gasteiger partial charge in [-0.25, -0.2) is 14.4 Å². The number of pyridine rings is 2. The van der Waals surface area contributed by atoms with Crippen molar-refractivity contribution in [1.29, 1.82) is 0 Å². The Kier molecular flexibility index (Phi) is 19.6. The molecule has 3 N–H and O–H groups in total. The second kappa shape index (κ2) is 29.1. The van der Waals surface area contributed by atoms with Gasteiger partial charge in [0, 0.05) is 74.5 Å². The Morgan fingerprint density at radius 3 is 1.17 bits per heavy atom. The van der Waals surface area contributed by atoms with Gasteiger partial charge in [-0.2, -0.15) is 10.2 Å². The maximum absolute atomic E-state index is 13.6. The number of aliphatic imine (C=N–C) groups is 2. The molecule has 100 heavy (non-hydrogen) atoms. The minimum Gasteiger partial charge on any atom is -0.344 e. The van der Waals surface area contributed by atoms with Crippen LogP contribution in [-0.4, -0.2) is 50.7 Å². The number of carbonyl (C=O) groups excluding carboxylic acids is 1. The number of nitrogens with one attached hydrogen (secondary N) is 1. The van der Waals surface area contributed by atoms with E-state index in [9.17, 15) is 4.79 Å². The highest BCUT2D eigenvalue weighted by molar-refractivity contribution is 9.10. The Balaban J connectivity index is 0.000000151. The standard InChI is InChI=1S/C42H32BrN5O.C34H23Cl3N4.C8H10BrN/c1-28(30-12-11-19-35(43)24-30)45-41(49)38-25-31-26-39-36(27-37(31)46-38)40(29-20-22-44-23-21-29)47-48(39)42(32-13-5-2-6-14-32,33-15-7-3-8-16-33)34-17-9-4-10-18-34;35-34(36,37)31-21-24-20-30-28(22-29(24)39-31)32(23-16-18-38-19-17-23)40-41(30)33(25-10-4-1-5-11-25,26-12-6-2-7-13-26)27-14-8-3-9-15-27;1-6(10)7-3-2-4-8(9)5-7/h2-24,26-28H,25H2,1H3,(H,45,49);1-20,22H,21H2;2-6H,10H2,1H3/t28-;;6-/m1.1/s1. The molecule has 0 saturated heterocycles. The van der Waals surface area contributed by atoms with Crippen LogP contribution in [0.5, 0.6) is 0 Å². The zero-order valence-corrected chi connectivity index (χ0v) is 59.8. The first-order valence-electron chi connectivity index (χ1n) is 32.7. The summed E-state index contributed by atoms with van der Waals surface area (Å²) in [5.41, 5.74) is 22.7. The van der Waals surface area contributed by atoms with E-state index in [0.717, 1.165) is 120 Å². The van der Waals surface area contributed by atoms with Crippen LogP contribution in [0.25, 0.3) is 44.3 Å². The third kappa shape index (κ3) is 13.3. The van der Waals surface area contributed by atoms with Gasteiger partial charge in [-0.3, -0.25) is 19.8 Å². The first-order chi connectivity index (χ1) is 48.7. The number of carbonyl (C=O) groups is 1. The van der Waals surface area contributed by atoms with Crippen LogP contribution >= 0.6 is 66.7 Å². The Hall–Kier alpha value is -9.96. The summed E-state index contributed by atoms with van der Waals surface area (Å²) in [5, 5.41) is 16.0. The SMILES string of the molecule is C[C@@H](N)c1cccc(Br)c1.C[C@@H](NC(=O)C1=Nc2cc3c(-c4ccncc4)nn(C(c4ccccc4)(c4ccccc4)c4ccccc4)c3cc2C1)c1cccc(Br)c1.ClC(Cl)(Cl)C1=Nc2cc3c(-c4ccncc4)nn(C(c4ccccc4)(c4ccccc4)c4ccccc4)c3cc2C1. The second-order valence-corrected chi connectivity index (χ2v) is 28.8. The molecule has 6 heterocycles. The van der Waals surface area contributed by atoms with Crippen molar-refractivity contribution < 1.29 is 4.79 Å². The molecule has 2 aliphatic heterocycles. The van der Waals surface area contributed by atoms with Crippen molar-refractivity contribution in [2.24, 2.45) is 15.7 Å². The Morgan fingerprint density at radius 2 is 0.810 bits per heavy atom. The van der Waals surface area contributed by atoms with Crippen molar-refractivity contribution in [2.75, 3.05) is 0 Å². The van der Waals surface area contributed by atoms with Crippen molar-refractivity contribution >= 4 is 117 Å². The number of aromatic nitrogens is 6. The quantitative estimate of drug-likeness (QED) is 0.0820. The van der Waals surface area contributed by atoms with Gasteiger partial charge in [0.15, 0.2) is 0 Å². The summed E-state index contributed by atoms with van der Waals surface area (Å²) in [6.07, 6.45) is 8.02. The van der Waals surface area contributed by atoms with Crippen LogP contribution in [0.15, 0.2) is 323 Å². The van der Waals surface area contributed by atoms with Crippen molar-refractivity contribution in [3.05, 3.63) is 368 Å². The molecule has 2 aliphatic rings. The van der Waals surface area contributed by atoms with Crippen LogP contribution in [0.3, 0.4) is 0 Å². The van der Waals surface area contributed by atoms with E-state index in [-0.39, 0.29) is 18.0 Å². The molecule has 0 fully saturated rings. The minimum atomic E-state index is -1.58. The van der Waals surface area contributed by atoms with Crippen molar-refractivity contribution in [3.8, 4) is 22.5 Å². The fourth-order valence-electron chi connectivity index (χ4n) is 13.6. The van der Waals surface area contributed by atoms with E-state index in [4.69, 9.17) is 60.7 Å². The molecule has 0 spiro atoms. The zero-order valence-electron chi connectivity index (χ0n) is 54.4. The number of rotatable bonds is 14. The number of amides is 1. The summed E-state index contributed by atoms with van der Waals surface area (Å²) in [7, 11) is 0. The minimum absolute atomic E-state index is 0.123. The van der Waals surface area contributed by atoms with E-state index in [1.165, 1.54) is 0 Å². The molecule has 0 radical (unpaired) electrons. The summed E-state index contributed by atoms with van der Waals surface area (Å²) in [6, 6.07) is 95.6. The van der Waals surface area contributed by atoms with Crippen molar-refractivity contribution in [3.63, 3.8) is 0 Å². The molecular formula is C84H65Br2Cl3N10O. The molecule has 0 aliphatic carbocycles. The molecular weight excluding hydrogens is 1430 g/mol. The number of hydrogen-bond acceptors (Lipinski definition) is 8. The van der Waals surface area contributed by atoms with Crippen LogP contribution in [0.4, 0.5) is 11.4 Å². The van der Waals surface area contributed by atoms with Crippen molar-refractivity contribution in [2.45, 2.75) is 53.6 Å². The molecule has 492 valence electrons. The molecule has 10 aromatic carbocycles. The number of hydrogen-bond donors (Lipinski definition) is 2. The number of alkyl halides is 3. The van der Waals surface area contributed by atoms with E-state index in [1.54, 1.807) is 24.8 Å². The Labute approximate surface area is 612 Å². The van der Waals surface area contributed by atoms with Crippen LogP contribution < -0.4 is 11.1 Å². The summed E-state index contributed by atoms with van der Waals surface area (Å²) < 4.78 is 4.81. The first-order valence-corrected chi connectivity index (χ1v) is 35.5. The van der Waals surface area contributed by atoms with E-state index in [0.29, 0.717) is 24.3 Å². The van der Waals surface area contributed by atoms with Gasteiger partial charge in [0.05, 0.1) is 34.2 Å². The van der Waals surface area contributed by atoms with Gasteiger partial charge in [-0.1, -0.05) is 273 Å². The lowest BCUT2D eigenvalue weighted by molar-refractivity contribution is -0.115. The maximum Gasteiger partial charge on any atom is 0.266 e. The largest absolute Gasteiger partial charge is 0.344 e. The van der Waals surface area contributed by atoms with Crippen LogP contribution in [0.1, 0.15) is 81.6 Å². The number of nitrogens with zero attached hydrogens (tertiary/aromatic N) is 8. The molecule has 1 amide bonds. The monoisotopic (exact) mass is 1490 g/mol. The molecule has 14 aromatic rings. The molecule has 16 heteroatoms. The van der Waals surface area contributed by atoms with Gasteiger partial charge in [0.1, 0.15) is 28.2 Å². The van der Waals surface area contributed by atoms with Gasteiger partial charge >= 0.3 is 0 Å². The highest BCUT2D eigenvalue weighted by Crippen LogP contribution is 2.49. The lowest BCUT2D eigenvalue weighted by Gasteiger charge is -2.37.